The monoisotopic (exact) mass is 409 g/mol. The summed E-state index contributed by atoms with van der Waals surface area (Å²) in [6, 6.07) is 13.7. The van der Waals surface area contributed by atoms with Crippen molar-refractivity contribution in [2.75, 3.05) is 13.7 Å². The van der Waals surface area contributed by atoms with E-state index in [1.165, 1.54) is 13.3 Å². The molecule has 0 aliphatic heterocycles. The summed E-state index contributed by atoms with van der Waals surface area (Å²) >= 11 is 0. The number of hydrogen-bond acceptors (Lipinski definition) is 8. The summed E-state index contributed by atoms with van der Waals surface area (Å²) in [6.07, 6.45) is 2.22. The Kier molecular flexibility index (Phi) is 9.65. The number of rotatable bonds is 4. The number of ether oxygens (including phenoxy) is 2. The van der Waals surface area contributed by atoms with E-state index in [0.717, 1.165) is 40.0 Å². The normalized spacial score (nSPS) is 9.87. The molecule has 154 valence electrons. The average molecular weight is 409 g/mol. The predicted molar refractivity (Wildman–Crippen MR) is 108 cm³/mol. The van der Waals surface area contributed by atoms with E-state index in [9.17, 15) is 9.59 Å². The third-order valence-electron chi connectivity index (χ3n) is 3.86. The van der Waals surface area contributed by atoms with Gasteiger partial charge in [-0.25, -0.2) is 30.0 Å². The van der Waals surface area contributed by atoms with Crippen molar-refractivity contribution < 1.29 is 28.7 Å². The number of fused-ring (bicyclic) bond motifs is 4. The van der Waals surface area contributed by atoms with E-state index in [2.05, 4.69) is 5.32 Å². The number of hydrogen-bond donors (Lipinski definition) is 3. The smallest absolute Gasteiger partial charge is 0.411 e. The summed E-state index contributed by atoms with van der Waals surface area (Å²) in [5.41, 5.74) is 5.28. The van der Waals surface area contributed by atoms with Gasteiger partial charge >= 0.3 is 12.1 Å². The molecule has 2 aromatic carbocycles. The molecule has 0 heterocycles. The van der Waals surface area contributed by atoms with Crippen LogP contribution in [0.2, 0.25) is 0 Å². The van der Waals surface area contributed by atoms with Gasteiger partial charge in [0.1, 0.15) is 0 Å². The fraction of sp³-hybridized carbons (Fsp3) is 0.143. The van der Waals surface area contributed by atoms with Crippen LogP contribution in [0.4, 0.5) is 4.79 Å². The first-order valence-corrected chi connectivity index (χ1v) is 8.53. The molecule has 0 bridgehead atoms. The van der Waals surface area contributed by atoms with Crippen molar-refractivity contribution in [2.45, 2.75) is 6.92 Å². The molecule has 0 atom stereocenters. The Balaban J connectivity index is 0.000000672. The minimum absolute atomic E-state index is 0.251. The Hall–Kier alpha value is -4.32. The number of alkyl carbamates (subject to hydrolysis) is 1. The van der Waals surface area contributed by atoms with Crippen LogP contribution in [-0.4, -0.2) is 37.9 Å². The van der Waals surface area contributed by atoms with Crippen molar-refractivity contribution >= 4 is 29.8 Å². The lowest BCUT2D eigenvalue weighted by Gasteiger charge is -2.27. The molecule has 0 aromatic heterocycles. The second kappa shape index (κ2) is 12.2. The Morgan fingerprint density at radius 2 is 1.57 bits per heavy atom. The van der Waals surface area contributed by atoms with Gasteiger partial charge in [-0.3, -0.25) is 5.32 Å². The standard InChI is InChI=1S/C19H17NO4.2CHNO/c1-3-24-19(22)20-11-16(18(21)23-2)15-10-6-9-14-12-7-4-5-8-13(12)17(14)15;2*2-1-3/h4-11H,3H2,1-2H3,(H,20,22);2*2H. The number of esters is 1. The topological polar surface area (TPSA) is 146 Å². The highest BCUT2D eigenvalue weighted by Gasteiger charge is 2.28. The molecule has 0 saturated heterocycles. The second-order valence-electron chi connectivity index (χ2n) is 5.39. The van der Waals surface area contributed by atoms with Crippen LogP contribution in [0.15, 0.2) is 48.7 Å². The minimum Gasteiger partial charge on any atom is -0.465 e. The zero-order valence-electron chi connectivity index (χ0n) is 16.3. The summed E-state index contributed by atoms with van der Waals surface area (Å²) < 4.78 is 9.69. The lowest BCUT2D eigenvalue weighted by molar-refractivity contribution is -0.133. The highest BCUT2D eigenvalue weighted by molar-refractivity contribution is 6.21. The molecule has 1 amide bonds. The van der Waals surface area contributed by atoms with Gasteiger partial charge in [-0.2, -0.15) is 0 Å². The van der Waals surface area contributed by atoms with E-state index in [0.29, 0.717) is 0 Å². The van der Waals surface area contributed by atoms with Crippen LogP contribution < -0.4 is 5.32 Å². The maximum Gasteiger partial charge on any atom is 0.411 e. The van der Waals surface area contributed by atoms with Crippen molar-refractivity contribution in [3.63, 3.8) is 0 Å². The largest absolute Gasteiger partial charge is 0.465 e. The van der Waals surface area contributed by atoms with E-state index in [1.807, 2.05) is 42.5 Å². The quantitative estimate of drug-likeness (QED) is 0.260. The van der Waals surface area contributed by atoms with Gasteiger partial charge in [0.2, 0.25) is 12.2 Å². The highest BCUT2D eigenvalue weighted by atomic mass is 16.5. The molecular weight excluding hydrogens is 390 g/mol. The SMILES string of the molecule is CCOC(=O)NC=C(C(=O)OC)c1cccc2c1-c1ccccc1-2.N=C=O.N=C=O. The summed E-state index contributed by atoms with van der Waals surface area (Å²) in [7, 11) is 1.31. The number of isocyanates is 2. The molecule has 0 unspecified atom stereocenters. The molecule has 30 heavy (non-hydrogen) atoms. The van der Waals surface area contributed by atoms with Crippen molar-refractivity contribution in [3.05, 3.63) is 54.2 Å². The molecule has 0 fully saturated rings. The second-order valence-corrected chi connectivity index (χ2v) is 5.39. The third-order valence-corrected chi connectivity index (χ3v) is 3.86. The number of amides is 1. The molecule has 3 N–H and O–H groups in total. The zero-order chi connectivity index (χ0) is 22.5. The Morgan fingerprint density at radius 3 is 2.13 bits per heavy atom. The molecule has 3 rings (SSSR count). The number of carbonyl (C=O) groups is 2. The Morgan fingerprint density at radius 1 is 1.00 bits per heavy atom. The van der Waals surface area contributed by atoms with Crippen molar-refractivity contribution in [2.24, 2.45) is 0 Å². The van der Waals surface area contributed by atoms with E-state index >= 15 is 0 Å². The summed E-state index contributed by atoms with van der Waals surface area (Å²) in [4.78, 5) is 40.4. The van der Waals surface area contributed by atoms with E-state index < -0.39 is 12.1 Å². The average Bonchev–Trinajstić information content (AvgIpc) is 2.73. The summed E-state index contributed by atoms with van der Waals surface area (Å²) in [5, 5.41) is 13.3. The first-order valence-electron chi connectivity index (χ1n) is 8.53. The van der Waals surface area contributed by atoms with Crippen LogP contribution in [0.5, 0.6) is 0 Å². The predicted octanol–water partition coefficient (Wildman–Crippen LogP) is 3.40. The fourth-order valence-electron chi connectivity index (χ4n) is 2.83. The highest BCUT2D eigenvalue weighted by Crippen LogP contribution is 2.50. The maximum absolute atomic E-state index is 12.2. The van der Waals surface area contributed by atoms with Crippen LogP contribution in [-0.2, 0) is 23.9 Å². The minimum atomic E-state index is -0.617. The van der Waals surface area contributed by atoms with Crippen LogP contribution >= 0.6 is 0 Å². The van der Waals surface area contributed by atoms with Crippen molar-refractivity contribution in [1.29, 1.82) is 10.8 Å². The van der Waals surface area contributed by atoms with Gasteiger partial charge in [0.25, 0.3) is 0 Å². The van der Waals surface area contributed by atoms with E-state index in [1.54, 1.807) is 6.92 Å². The molecular formula is C21H19N3O6. The van der Waals surface area contributed by atoms with Crippen molar-refractivity contribution in [1.82, 2.24) is 5.32 Å². The Labute approximate surface area is 172 Å². The van der Waals surface area contributed by atoms with Gasteiger partial charge in [-0.15, -0.1) is 0 Å². The Bertz CT molecular complexity index is 1010. The summed E-state index contributed by atoms with van der Waals surface area (Å²) in [5.74, 6) is -0.524. The van der Waals surface area contributed by atoms with E-state index in [4.69, 9.17) is 29.9 Å². The molecule has 1 aliphatic carbocycles. The molecule has 9 heteroatoms. The first kappa shape index (κ1) is 23.7. The van der Waals surface area contributed by atoms with Gasteiger partial charge < -0.3 is 9.47 Å². The molecule has 9 nitrogen and oxygen atoms in total. The van der Waals surface area contributed by atoms with Gasteiger partial charge in [0, 0.05) is 6.20 Å². The number of nitrogens with one attached hydrogen (secondary N) is 3. The van der Waals surface area contributed by atoms with E-state index in [-0.39, 0.29) is 12.2 Å². The van der Waals surface area contributed by atoms with Crippen molar-refractivity contribution in [3.8, 4) is 22.3 Å². The van der Waals surface area contributed by atoms with Gasteiger partial charge in [0.05, 0.1) is 19.3 Å². The molecule has 0 radical (unpaired) electrons. The zero-order valence-corrected chi connectivity index (χ0v) is 16.3. The van der Waals surface area contributed by atoms with Crippen LogP contribution in [0.3, 0.4) is 0 Å². The lowest BCUT2D eigenvalue weighted by Crippen LogP contribution is -2.20. The lowest BCUT2D eigenvalue weighted by atomic mass is 9.76. The maximum atomic E-state index is 12.2. The molecule has 2 aromatic rings. The summed E-state index contributed by atoms with van der Waals surface area (Å²) in [6.45, 7) is 1.96. The van der Waals surface area contributed by atoms with Gasteiger partial charge in [0.15, 0.2) is 0 Å². The fourth-order valence-corrected chi connectivity index (χ4v) is 2.83. The van der Waals surface area contributed by atoms with Gasteiger partial charge in [-0.1, -0.05) is 42.5 Å². The van der Waals surface area contributed by atoms with Crippen LogP contribution in [0.25, 0.3) is 27.8 Å². The number of carbonyl (C=O) groups excluding carboxylic acids is 4. The van der Waals surface area contributed by atoms with Crippen LogP contribution in [0, 0.1) is 10.8 Å². The third kappa shape index (κ3) is 5.59. The van der Waals surface area contributed by atoms with Gasteiger partial charge in [-0.05, 0) is 34.7 Å². The first-order chi connectivity index (χ1) is 14.5. The molecule has 0 saturated carbocycles. The molecule has 1 aliphatic rings. The number of benzene rings is 2. The van der Waals surface area contributed by atoms with Crippen LogP contribution in [0.1, 0.15) is 12.5 Å². The molecule has 0 spiro atoms. The number of methoxy groups -OCH3 is 1.